The second-order valence-corrected chi connectivity index (χ2v) is 4.27. The van der Waals surface area contributed by atoms with Crippen molar-refractivity contribution in [1.82, 2.24) is 15.3 Å². The Hall–Kier alpha value is -2.47. The summed E-state index contributed by atoms with van der Waals surface area (Å²) >= 11 is 5.64. The first kappa shape index (κ1) is 14.0. The highest BCUT2D eigenvalue weighted by molar-refractivity contribution is 6.29. The molecule has 0 spiro atoms. The van der Waals surface area contributed by atoms with Gasteiger partial charge in [0.15, 0.2) is 6.04 Å². The first-order chi connectivity index (χ1) is 9.58. The molecule has 1 aromatic carbocycles. The van der Waals surface area contributed by atoms with E-state index in [2.05, 4.69) is 15.3 Å². The van der Waals surface area contributed by atoms with Crippen molar-refractivity contribution in [3.05, 3.63) is 59.1 Å². The van der Waals surface area contributed by atoms with Gasteiger partial charge in [0.1, 0.15) is 10.8 Å². The lowest BCUT2D eigenvalue weighted by atomic mass is 10.1. The van der Waals surface area contributed by atoms with Crippen LogP contribution in [0.5, 0.6) is 0 Å². The van der Waals surface area contributed by atoms with E-state index in [-0.39, 0.29) is 10.8 Å². The highest BCUT2D eigenvalue weighted by Crippen LogP contribution is 2.13. The molecule has 2 rings (SSSR count). The van der Waals surface area contributed by atoms with Crippen LogP contribution in [0.15, 0.2) is 42.7 Å². The van der Waals surface area contributed by atoms with Crippen LogP contribution in [0.1, 0.15) is 22.1 Å². The fourth-order valence-electron chi connectivity index (χ4n) is 1.59. The molecule has 0 saturated carbocycles. The summed E-state index contributed by atoms with van der Waals surface area (Å²) in [6.45, 7) is 0. The van der Waals surface area contributed by atoms with Gasteiger partial charge in [-0.05, 0) is 5.56 Å². The van der Waals surface area contributed by atoms with Gasteiger partial charge in [-0.2, -0.15) is 0 Å². The van der Waals surface area contributed by atoms with Crippen LogP contribution < -0.4 is 5.32 Å². The van der Waals surface area contributed by atoms with Gasteiger partial charge in [-0.3, -0.25) is 9.78 Å². The first-order valence-corrected chi connectivity index (χ1v) is 6.02. The van der Waals surface area contributed by atoms with Gasteiger partial charge in [0.25, 0.3) is 5.91 Å². The molecule has 2 aromatic rings. The number of halogens is 1. The molecule has 0 saturated heterocycles. The molecule has 1 amide bonds. The number of carbonyl (C=O) groups is 2. The third kappa shape index (κ3) is 3.30. The van der Waals surface area contributed by atoms with Crippen LogP contribution in [-0.2, 0) is 4.79 Å². The van der Waals surface area contributed by atoms with E-state index in [0.717, 1.165) is 0 Å². The molecule has 0 aliphatic rings. The summed E-state index contributed by atoms with van der Waals surface area (Å²) in [5.41, 5.74) is 0.419. The summed E-state index contributed by atoms with van der Waals surface area (Å²) in [5.74, 6) is -1.82. The molecule has 102 valence electrons. The maximum absolute atomic E-state index is 11.9. The molecule has 0 aliphatic heterocycles. The van der Waals surface area contributed by atoms with Crippen molar-refractivity contribution in [3.63, 3.8) is 0 Å². The van der Waals surface area contributed by atoms with Crippen LogP contribution >= 0.6 is 11.6 Å². The van der Waals surface area contributed by atoms with E-state index < -0.39 is 17.9 Å². The van der Waals surface area contributed by atoms with Gasteiger partial charge in [-0.25, -0.2) is 9.78 Å². The summed E-state index contributed by atoms with van der Waals surface area (Å²) in [7, 11) is 0. The summed E-state index contributed by atoms with van der Waals surface area (Å²) in [6, 6.07) is 7.20. The molecular formula is C13H10ClN3O3. The molecule has 1 aromatic heterocycles. The molecule has 0 aliphatic carbocycles. The molecule has 1 atom stereocenters. The van der Waals surface area contributed by atoms with Crippen molar-refractivity contribution >= 4 is 23.5 Å². The molecular weight excluding hydrogens is 282 g/mol. The van der Waals surface area contributed by atoms with Crippen LogP contribution in [0, 0.1) is 0 Å². The molecule has 0 bridgehead atoms. The maximum atomic E-state index is 11.9. The smallest absolute Gasteiger partial charge is 0.330 e. The number of rotatable bonds is 4. The normalized spacial score (nSPS) is 11.7. The van der Waals surface area contributed by atoms with Crippen LogP contribution in [-0.4, -0.2) is 27.0 Å². The van der Waals surface area contributed by atoms with Crippen LogP contribution in [0.2, 0.25) is 5.15 Å². The van der Waals surface area contributed by atoms with E-state index in [9.17, 15) is 14.7 Å². The predicted molar refractivity (Wildman–Crippen MR) is 71.3 cm³/mol. The Morgan fingerprint density at radius 1 is 1.20 bits per heavy atom. The third-order valence-corrected chi connectivity index (χ3v) is 2.68. The topological polar surface area (TPSA) is 92.2 Å². The van der Waals surface area contributed by atoms with E-state index in [1.165, 1.54) is 12.4 Å². The summed E-state index contributed by atoms with van der Waals surface area (Å²) in [5, 5.41) is 11.6. The van der Waals surface area contributed by atoms with Crippen LogP contribution in [0.4, 0.5) is 0 Å². The molecule has 7 heteroatoms. The number of carboxylic acids is 1. The van der Waals surface area contributed by atoms with Gasteiger partial charge >= 0.3 is 5.97 Å². The lowest BCUT2D eigenvalue weighted by molar-refractivity contribution is -0.139. The monoisotopic (exact) mass is 291 g/mol. The highest BCUT2D eigenvalue weighted by atomic mass is 35.5. The second-order valence-electron chi connectivity index (χ2n) is 3.88. The van der Waals surface area contributed by atoms with E-state index in [4.69, 9.17) is 11.6 Å². The number of aromatic nitrogens is 2. The van der Waals surface area contributed by atoms with E-state index in [1.807, 2.05) is 0 Å². The number of benzene rings is 1. The average molecular weight is 292 g/mol. The Bertz CT molecular complexity index is 634. The molecule has 1 heterocycles. The Morgan fingerprint density at radius 2 is 1.90 bits per heavy atom. The van der Waals surface area contributed by atoms with Crippen LogP contribution in [0.3, 0.4) is 0 Å². The minimum Gasteiger partial charge on any atom is -0.479 e. The van der Waals surface area contributed by atoms with E-state index >= 15 is 0 Å². The molecule has 20 heavy (non-hydrogen) atoms. The van der Waals surface area contributed by atoms with Crippen LogP contribution in [0.25, 0.3) is 0 Å². The quantitative estimate of drug-likeness (QED) is 0.894. The largest absolute Gasteiger partial charge is 0.479 e. The average Bonchev–Trinajstić information content (AvgIpc) is 2.45. The molecule has 6 nitrogen and oxygen atoms in total. The first-order valence-electron chi connectivity index (χ1n) is 5.64. The predicted octanol–water partition coefficient (Wildman–Crippen LogP) is 1.69. The number of aliphatic carboxylic acids is 1. The van der Waals surface area contributed by atoms with Crippen molar-refractivity contribution < 1.29 is 14.7 Å². The standard InChI is InChI=1S/C13H10ClN3O3/c14-10-7-15-6-9(16-10)12(18)17-11(13(19)20)8-4-2-1-3-5-8/h1-7,11H,(H,17,18)(H,19,20)/t11-/m0/s1. The summed E-state index contributed by atoms with van der Waals surface area (Å²) < 4.78 is 0. The zero-order chi connectivity index (χ0) is 14.5. The zero-order valence-corrected chi connectivity index (χ0v) is 10.9. The van der Waals surface area contributed by atoms with Crippen molar-refractivity contribution in [1.29, 1.82) is 0 Å². The minimum absolute atomic E-state index is 0.0420. The number of nitrogens with zero attached hydrogens (tertiary/aromatic N) is 2. The molecule has 0 fully saturated rings. The number of hydrogen-bond acceptors (Lipinski definition) is 4. The number of carboxylic acid groups (broad SMARTS) is 1. The van der Waals surface area contributed by atoms with E-state index in [0.29, 0.717) is 5.56 Å². The molecule has 0 radical (unpaired) electrons. The Morgan fingerprint density at radius 3 is 2.50 bits per heavy atom. The summed E-state index contributed by atoms with van der Waals surface area (Å²) in [4.78, 5) is 30.7. The van der Waals surface area contributed by atoms with Crippen molar-refractivity contribution in [2.75, 3.05) is 0 Å². The van der Waals surface area contributed by atoms with Gasteiger partial charge in [0.05, 0.1) is 12.4 Å². The number of hydrogen-bond donors (Lipinski definition) is 2. The highest BCUT2D eigenvalue weighted by Gasteiger charge is 2.23. The Labute approximate surface area is 119 Å². The molecule has 0 unspecified atom stereocenters. The fourth-order valence-corrected chi connectivity index (χ4v) is 1.74. The van der Waals surface area contributed by atoms with Gasteiger partial charge in [-0.1, -0.05) is 41.9 Å². The lowest BCUT2D eigenvalue weighted by Crippen LogP contribution is -2.34. The van der Waals surface area contributed by atoms with Gasteiger partial charge in [0.2, 0.25) is 0 Å². The van der Waals surface area contributed by atoms with E-state index in [1.54, 1.807) is 30.3 Å². The SMILES string of the molecule is O=C(N[C@H](C(=O)O)c1ccccc1)c1cncc(Cl)n1. The Balaban J connectivity index is 2.21. The Kier molecular flexibility index (Phi) is 4.27. The van der Waals surface area contributed by atoms with Crippen molar-refractivity contribution in [2.45, 2.75) is 6.04 Å². The summed E-state index contributed by atoms with van der Waals surface area (Å²) in [6.07, 6.45) is 2.50. The van der Waals surface area contributed by atoms with Crippen molar-refractivity contribution in [3.8, 4) is 0 Å². The number of carbonyl (C=O) groups excluding carboxylic acids is 1. The second kappa shape index (κ2) is 6.12. The van der Waals surface area contributed by atoms with Crippen molar-refractivity contribution in [2.24, 2.45) is 0 Å². The lowest BCUT2D eigenvalue weighted by Gasteiger charge is -2.14. The van der Waals surface area contributed by atoms with Gasteiger partial charge in [0, 0.05) is 0 Å². The fraction of sp³-hybridized carbons (Fsp3) is 0.0769. The number of amides is 1. The third-order valence-electron chi connectivity index (χ3n) is 2.49. The minimum atomic E-state index is -1.17. The number of nitrogens with one attached hydrogen (secondary N) is 1. The van der Waals surface area contributed by atoms with Gasteiger partial charge < -0.3 is 10.4 Å². The zero-order valence-electron chi connectivity index (χ0n) is 10.2. The maximum Gasteiger partial charge on any atom is 0.330 e. The molecule has 2 N–H and O–H groups in total. The van der Waals surface area contributed by atoms with Gasteiger partial charge in [-0.15, -0.1) is 0 Å².